The van der Waals surface area contributed by atoms with Crippen LogP contribution in [0.2, 0.25) is 0 Å². The van der Waals surface area contributed by atoms with Crippen LogP contribution >= 0.6 is 0 Å². The number of anilines is 1. The molecular weight excluding hydrogens is 409 g/mol. The zero-order valence-corrected chi connectivity index (χ0v) is 17.0. The molecule has 1 atom stereocenters. The van der Waals surface area contributed by atoms with Gasteiger partial charge in [0.25, 0.3) is 12.0 Å². The molecule has 0 unspecified atom stereocenters. The normalized spacial score (nSPS) is 12.5. The zero-order chi connectivity index (χ0) is 22.3. The van der Waals surface area contributed by atoms with Gasteiger partial charge in [0.05, 0.1) is 34.4 Å². The molecule has 0 saturated heterocycles. The molecule has 0 aliphatic rings. The van der Waals surface area contributed by atoms with Crippen LogP contribution < -0.4 is 10.9 Å². The molecule has 3 heterocycles. The Hall–Kier alpha value is -3.69. The van der Waals surface area contributed by atoms with Crippen LogP contribution in [0.4, 0.5) is 19.0 Å². The molecule has 4 aromatic rings. The molecule has 7 nitrogen and oxygen atoms in total. The smallest absolute Gasteiger partial charge is 0.266 e. The first kappa shape index (κ1) is 20.6. The third kappa shape index (κ3) is 3.65. The number of benzene rings is 1. The average molecular weight is 428 g/mol. The van der Waals surface area contributed by atoms with Crippen molar-refractivity contribution in [1.82, 2.24) is 24.3 Å². The van der Waals surface area contributed by atoms with Crippen molar-refractivity contribution in [3.05, 3.63) is 76.0 Å². The SMILES string of the molecule is Cc1c(=O)n(-c2cnn(C)c2)cc2c(N[C@@H](C)c3cccc(C(F)F)c3F)ncnc12. The maximum atomic E-state index is 14.6. The lowest BCUT2D eigenvalue weighted by atomic mass is 10.0. The first-order valence-corrected chi connectivity index (χ1v) is 9.47. The van der Waals surface area contributed by atoms with E-state index in [0.717, 1.165) is 6.07 Å². The van der Waals surface area contributed by atoms with Crippen molar-refractivity contribution < 1.29 is 13.2 Å². The molecular formula is C21H19F3N6O. The second-order valence-corrected chi connectivity index (χ2v) is 7.20. The number of rotatable bonds is 5. The van der Waals surface area contributed by atoms with Crippen molar-refractivity contribution in [2.24, 2.45) is 7.05 Å². The number of nitrogens with zero attached hydrogens (tertiary/aromatic N) is 5. The van der Waals surface area contributed by atoms with Gasteiger partial charge in [-0.1, -0.05) is 18.2 Å². The van der Waals surface area contributed by atoms with E-state index in [-0.39, 0.29) is 11.1 Å². The fourth-order valence-corrected chi connectivity index (χ4v) is 3.48. The maximum Gasteiger partial charge on any atom is 0.266 e. The van der Waals surface area contributed by atoms with Gasteiger partial charge in [0, 0.05) is 30.6 Å². The number of nitrogens with one attached hydrogen (secondary N) is 1. The number of hydrogen-bond donors (Lipinski definition) is 1. The van der Waals surface area contributed by atoms with E-state index >= 15 is 0 Å². The van der Waals surface area contributed by atoms with Crippen LogP contribution in [0.5, 0.6) is 0 Å². The third-order valence-corrected chi connectivity index (χ3v) is 5.12. The standard InChI is InChI=1S/C21H19F3N6O/c1-11-18-16(9-30(21(11)31)13-7-27-29(3)8-13)20(26-10-25-18)28-12(2)14-5-4-6-15(17(14)22)19(23)24/h4-10,12,19H,1-3H3,(H,25,26,28)/t12-/m0/s1. The Morgan fingerprint density at radius 3 is 2.55 bits per heavy atom. The van der Waals surface area contributed by atoms with Crippen molar-refractivity contribution in [3.63, 3.8) is 0 Å². The Bertz CT molecular complexity index is 1330. The third-order valence-electron chi connectivity index (χ3n) is 5.12. The van der Waals surface area contributed by atoms with E-state index < -0.39 is 23.8 Å². The van der Waals surface area contributed by atoms with Gasteiger partial charge < -0.3 is 5.32 Å². The van der Waals surface area contributed by atoms with E-state index in [0.29, 0.717) is 28.0 Å². The maximum absolute atomic E-state index is 14.6. The quantitative estimate of drug-likeness (QED) is 0.519. The fourth-order valence-electron chi connectivity index (χ4n) is 3.48. The number of alkyl halides is 2. The molecule has 0 saturated carbocycles. The predicted molar refractivity (Wildman–Crippen MR) is 110 cm³/mol. The lowest BCUT2D eigenvalue weighted by Gasteiger charge is -2.19. The monoisotopic (exact) mass is 428 g/mol. The van der Waals surface area contributed by atoms with Crippen LogP contribution in [0.3, 0.4) is 0 Å². The minimum atomic E-state index is -2.91. The van der Waals surface area contributed by atoms with Crippen LogP contribution in [0.25, 0.3) is 16.6 Å². The fraction of sp³-hybridized carbons (Fsp3) is 0.238. The minimum absolute atomic E-state index is 0.0851. The first-order valence-electron chi connectivity index (χ1n) is 9.47. The Labute approximate surface area is 175 Å². The minimum Gasteiger partial charge on any atom is -0.363 e. The van der Waals surface area contributed by atoms with E-state index in [9.17, 15) is 18.0 Å². The molecule has 3 aromatic heterocycles. The van der Waals surface area contributed by atoms with Crippen LogP contribution in [-0.4, -0.2) is 24.3 Å². The summed E-state index contributed by atoms with van der Waals surface area (Å²) in [6.07, 6.45) is 3.21. The van der Waals surface area contributed by atoms with Crippen LogP contribution in [0.15, 0.2) is 47.9 Å². The van der Waals surface area contributed by atoms with Crippen LogP contribution in [0, 0.1) is 12.7 Å². The van der Waals surface area contributed by atoms with Gasteiger partial charge >= 0.3 is 0 Å². The van der Waals surface area contributed by atoms with E-state index in [2.05, 4.69) is 20.4 Å². The summed E-state index contributed by atoms with van der Waals surface area (Å²) < 4.78 is 43.7. The van der Waals surface area contributed by atoms with Gasteiger partial charge in [0.15, 0.2) is 0 Å². The number of aryl methyl sites for hydroxylation is 2. The molecule has 160 valence electrons. The second kappa shape index (κ2) is 7.86. The molecule has 0 fully saturated rings. The molecule has 31 heavy (non-hydrogen) atoms. The molecule has 0 spiro atoms. The van der Waals surface area contributed by atoms with E-state index in [1.807, 2.05) is 0 Å². The highest BCUT2D eigenvalue weighted by molar-refractivity contribution is 5.90. The Kier molecular flexibility index (Phi) is 5.22. The molecule has 1 N–H and O–H groups in total. The van der Waals surface area contributed by atoms with Gasteiger partial charge in [-0.2, -0.15) is 5.10 Å². The van der Waals surface area contributed by atoms with Crippen molar-refractivity contribution in [1.29, 1.82) is 0 Å². The summed E-state index contributed by atoms with van der Waals surface area (Å²) in [5.41, 5.74) is 0.591. The summed E-state index contributed by atoms with van der Waals surface area (Å²) in [6.45, 7) is 3.30. The molecule has 10 heteroatoms. The summed E-state index contributed by atoms with van der Waals surface area (Å²) >= 11 is 0. The second-order valence-electron chi connectivity index (χ2n) is 7.20. The first-order chi connectivity index (χ1) is 14.8. The Balaban J connectivity index is 1.81. The van der Waals surface area contributed by atoms with E-state index in [1.165, 1.54) is 23.0 Å². The van der Waals surface area contributed by atoms with Crippen molar-refractivity contribution in [2.75, 3.05) is 5.32 Å². The Morgan fingerprint density at radius 2 is 1.87 bits per heavy atom. The largest absolute Gasteiger partial charge is 0.363 e. The summed E-state index contributed by atoms with van der Waals surface area (Å²) in [5, 5.41) is 7.69. The van der Waals surface area contributed by atoms with Crippen molar-refractivity contribution in [3.8, 4) is 5.69 Å². The number of aromatic nitrogens is 5. The predicted octanol–water partition coefficient (Wildman–Crippen LogP) is 4.07. The summed E-state index contributed by atoms with van der Waals surface area (Å²) in [6, 6.07) is 3.22. The van der Waals surface area contributed by atoms with Gasteiger partial charge in [-0.05, 0) is 13.8 Å². The molecule has 0 aliphatic carbocycles. The summed E-state index contributed by atoms with van der Waals surface area (Å²) in [4.78, 5) is 21.3. The highest BCUT2D eigenvalue weighted by Gasteiger charge is 2.21. The van der Waals surface area contributed by atoms with Crippen LogP contribution in [-0.2, 0) is 7.05 Å². The highest BCUT2D eigenvalue weighted by Crippen LogP contribution is 2.30. The highest BCUT2D eigenvalue weighted by atomic mass is 19.3. The molecule has 0 radical (unpaired) electrons. The number of halogens is 3. The number of hydrogen-bond acceptors (Lipinski definition) is 5. The average Bonchev–Trinajstić information content (AvgIpc) is 3.16. The molecule has 0 amide bonds. The van der Waals surface area contributed by atoms with Crippen molar-refractivity contribution in [2.45, 2.75) is 26.3 Å². The van der Waals surface area contributed by atoms with Gasteiger partial charge in [-0.25, -0.2) is 23.1 Å². The lowest BCUT2D eigenvalue weighted by Crippen LogP contribution is -2.21. The van der Waals surface area contributed by atoms with E-state index in [4.69, 9.17) is 0 Å². The lowest BCUT2D eigenvalue weighted by molar-refractivity contribution is 0.146. The van der Waals surface area contributed by atoms with Gasteiger partial charge in [-0.3, -0.25) is 14.0 Å². The molecule has 0 bridgehead atoms. The van der Waals surface area contributed by atoms with E-state index in [1.54, 1.807) is 44.2 Å². The molecule has 1 aromatic carbocycles. The van der Waals surface area contributed by atoms with Gasteiger partial charge in [0.2, 0.25) is 0 Å². The molecule has 0 aliphatic heterocycles. The summed E-state index contributed by atoms with van der Waals surface area (Å²) in [5.74, 6) is -0.612. The molecule has 4 rings (SSSR count). The Morgan fingerprint density at radius 1 is 1.13 bits per heavy atom. The van der Waals surface area contributed by atoms with Crippen LogP contribution in [0.1, 0.15) is 36.1 Å². The van der Waals surface area contributed by atoms with Crippen molar-refractivity contribution >= 4 is 16.7 Å². The van der Waals surface area contributed by atoms with Gasteiger partial charge in [-0.15, -0.1) is 0 Å². The van der Waals surface area contributed by atoms with Gasteiger partial charge in [0.1, 0.15) is 18.0 Å². The number of fused-ring (bicyclic) bond motifs is 1. The summed E-state index contributed by atoms with van der Waals surface area (Å²) in [7, 11) is 1.74. The number of pyridine rings is 1. The topological polar surface area (TPSA) is 77.6 Å². The zero-order valence-electron chi connectivity index (χ0n) is 17.0.